The monoisotopic (exact) mass is 386 g/mol. The molecule has 0 radical (unpaired) electrons. The third-order valence-electron chi connectivity index (χ3n) is 4.29. The van der Waals surface area contributed by atoms with Crippen LogP contribution in [0.2, 0.25) is 0 Å². The van der Waals surface area contributed by atoms with Gasteiger partial charge in [-0.3, -0.25) is 9.20 Å². The maximum Gasteiger partial charge on any atom is 0.225 e. The number of anilines is 1. The van der Waals surface area contributed by atoms with Gasteiger partial charge >= 0.3 is 0 Å². The molecule has 1 aromatic carbocycles. The SMILES string of the molecule is CCNC(=NCCS(=O)c1ccccc1)N1CCN(c2ncccn2)CC1. The largest absolute Gasteiger partial charge is 0.357 e. The highest BCUT2D eigenvalue weighted by Crippen LogP contribution is 2.10. The molecule has 0 amide bonds. The van der Waals surface area contributed by atoms with Gasteiger partial charge in [0.25, 0.3) is 0 Å². The molecule has 2 heterocycles. The molecule has 1 saturated heterocycles. The van der Waals surface area contributed by atoms with Gasteiger partial charge in [-0.25, -0.2) is 9.97 Å². The van der Waals surface area contributed by atoms with E-state index < -0.39 is 10.8 Å². The molecule has 1 aromatic heterocycles. The third-order valence-corrected chi connectivity index (χ3v) is 5.64. The molecule has 1 aliphatic rings. The van der Waals surface area contributed by atoms with Crippen LogP contribution in [0.3, 0.4) is 0 Å². The molecule has 7 nitrogen and oxygen atoms in total. The maximum atomic E-state index is 12.3. The topological polar surface area (TPSA) is 73.7 Å². The van der Waals surface area contributed by atoms with Gasteiger partial charge < -0.3 is 15.1 Å². The molecule has 2 aromatic rings. The fourth-order valence-electron chi connectivity index (χ4n) is 2.92. The highest BCUT2D eigenvalue weighted by atomic mass is 32.2. The minimum Gasteiger partial charge on any atom is -0.357 e. The molecule has 144 valence electrons. The van der Waals surface area contributed by atoms with E-state index in [0.29, 0.717) is 12.3 Å². The van der Waals surface area contributed by atoms with Gasteiger partial charge in [-0.1, -0.05) is 18.2 Å². The van der Waals surface area contributed by atoms with Gasteiger partial charge in [0.1, 0.15) is 0 Å². The van der Waals surface area contributed by atoms with E-state index in [1.807, 2.05) is 36.4 Å². The summed E-state index contributed by atoms with van der Waals surface area (Å²) in [4.78, 5) is 18.6. The number of nitrogens with zero attached hydrogens (tertiary/aromatic N) is 5. The van der Waals surface area contributed by atoms with Crippen molar-refractivity contribution in [1.82, 2.24) is 20.2 Å². The summed E-state index contributed by atoms with van der Waals surface area (Å²) in [5.74, 6) is 2.19. The zero-order valence-electron chi connectivity index (χ0n) is 15.6. The smallest absolute Gasteiger partial charge is 0.225 e. The lowest BCUT2D eigenvalue weighted by Gasteiger charge is -2.36. The van der Waals surface area contributed by atoms with Crippen LogP contribution >= 0.6 is 0 Å². The lowest BCUT2D eigenvalue weighted by Crippen LogP contribution is -2.53. The van der Waals surface area contributed by atoms with Crippen molar-refractivity contribution < 1.29 is 4.21 Å². The van der Waals surface area contributed by atoms with Crippen LogP contribution in [-0.4, -0.2) is 70.1 Å². The average Bonchev–Trinajstić information content (AvgIpc) is 2.74. The second kappa shape index (κ2) is 10.0. The highest BCUT2D eigenvalue weighted by Gasteiger charge is 2.21. The summed E-state index contributed by atoms with van der Waals surface area (Å²) in [6, 6.07) is 11.4. The Labute approximate surface area is 163 Å². The second-order valence-corrected chi connectivity index (χ2v) is 7.69. The molecule has 3 rings (SSSR count). The Balaban J connectivity index is 1.54. The fourth-order valence-corrected chi connectivity index (χ4v) is 3.88. The van der Waals surface area contributed by atoms with Crippen LogP contribution in [0, 0.1) is 0 Å². The quantitative estimate of drug-likeness (QED) is 0.597. The molecule has 0 saturated carbocycles. The Kier molecular flexibility index (Phi) is 7.15. The first-order valence-corrected chi connectivity index (χ1v) is 10.6. The molecular weight excluding hydrogens is 360 g/mol. The van der Waals surface area contributed by atoms with Crippen molar-refractivity contribution in [2.24, 2.45) is 4.99 Å². The van der Waals surface area contributed by atoms with Crippen LogP contribution in [0.25, 0.3) is 0 Å². The van der Waals surface area contributed by atoms with Crippen molar-refractivity contribution in [2.45, 2.75) is 11.8 Å². The van der Waals surface area contributed by atoms with E-state index in [-0.39, 0.29) is 0 Å². The molecule has 1 aliphatic heterocycles. The number of guanidine groups is 1. The zero-order valence-corrected chi connectivity index (χ0v) is 16.4. The molecular formula is C19H26N6OS. The summed E-state index contributed by atoms with van der Waals surface area (Å²) < 4.78 is 12.3. The van der Waals surface area contributed by atoms with Crippen LogP contribution < -0.4 is 10.2 Å². The van der Waals surface area contributed by atoms with Crippen LogP contribution in [0.5, 0.6) is 0 Å². The lowest BCUT2D eigenvalue weighted by molar-refractivity contribution is 0.370. The molecule has 1 fully saturated rings. The van der Waals surface area contributed by atoms with E-state index in [9.17, 15) is 4.21 Å². The van der Waals surface area contributed by atoms with E-state index in [2.05, 4.69) is 37.0 Å². The highest BCUT2D eigenvalue weighted by molar-refractivity contribution is 7.85. The van der Waals surface area contributed by atoms with Crippen molar-refractivity contribution in [2.75, 3.05) is 49.9 Å². The minimum atomic E-state index is -1.02. The standard InChI is InChI=1S/C19H26N6OS/c1-2-20-18(23-11-16-27(26)17-7-4-3-5-8-17)24-12-14-25(15-13-24)19-21-9-6-10-22-19/h3-10H,2,11-16H2,1H3,(H,20,23). The van der Waals surface area contributed by atoms with Gasteiger partial charge in [-0.2, -0.15) is 0 Å². The van der Waals surface area contributed by atoms with E-state index in [1.165, 1.54) is 0 Å². The van der Waals surface area contributed by atoms with E-state index in [4.69, 9.17) is 0 Å². The normalized spacial score (nSPS) is 16.3. The molecule has 8 heteroatoms. The zero-order chi connectivity index (χ0) is 18.9. The number of aromatic nitrogens is 2. The lowest BCUT2D eigenvalue weighted by atomic mass is 10.3. The van der Waals surface area contributed by atoms with Crippen LogP contribution in [0.15, 0.2) is 58.7 Å². The number of aliphatic imine (C=N–C) groups is 1. The summed E-state index contributed by atoms with van der Waals surface area (Å²) in [7, 11) is -1.02. The van der Waals surface area contributed by atoms with Crippen LogP contribution in [0.1, 0.15) is 6.92 Å². The number of benzene rings is 1. The van der Waals surface area contributed by atoms with Crippen molar-refractivity contribution in [1.29, 1.82) is 0 Å². The molecule has 0 bridgehead atoms. The second-order valence-electron chi connectivity index (χ2n) is 6.12. The average molecular weight is 387 g/mol. The molecule has 0 spiro atoms. The van der Waals surface area contributed by atoms with Crippen molar-refractivity contribution >= 4 is 22.7 Å². The van der Waals surface area contributed by atoms with Gasteiger partial charge in [0, 0.05) is 55.8 Å². The molecule has 1 unspecified atom stereocenters. The minimum absolute atomic E-state index is 0.525. The number of hydrogen-bond acceptors (Lipinski definition) is 5. The molecule has 1 N–H and O–H groups in total. The van der Waals surface area contributed by atoms with E-state index in [0.717, 1.165) is 49.5 Å². The molecule has 0 aliphatic carbocycles. The fraction of sp³-hybridized carbons (Fsp3) is 0.421. The van der Waals surface area contributed by atoms with Crippen LogP contribution in [0.4, 0.5) is 5.95 Å². The number of hydrogen-bond donors (Lipinski definition) is 1. The Morgan fingerprint density at radius 1 is 1.11 bits per heavy atom. The van der Waals surface area contributed by atoms with Gasteiger partial charge in [0.2, 0.25) is 5.95 Å². The van der Waals surface area contributed by atoms with Gasteiger partial charge in [0.15, 0.2) is 5.96 Å². The van der Waals surface area contributed by atoms with Crippen molar-refractivity contribution in [3.63, 3.8) is 0 Å². The van der Waals surface area contributed by atoms with Crippen molar-refractivity contribution in [3.8, 4) is 0 Å². The van der Waals surface area contributed by atoms with Gasteiger partial charge in [-0.15, -0.1) is 0 Å². The Morgan fingerprint density at radius 3 is 2.48 bits per heavy atom. The summed E-state index contributed by atoms with van der Waals surface area (Å²) >= 11 is 0. The Hall–Kier alpha value is -2.48. The van der Waals surface area contributed by atoms with Crippen molar-refractivity contribution in [3.05, 3.63) is 48.8 Å². The first-order chi connectivity index (χ1) is 13.3. The third kappa shape index (κ3) is 5.50. The maximum absolute atomic E-state index is 12.3. The summed E-state index contributed by atoms with van der Waals surface area (Å²) in [6.07, 6.45) is 3.54. The first kappa shape index (κ1) is 19.3. The number of rotatable bonds is 6. The summed E-state index contributed by atoms with van der Waals surface area (Å²) in [5, 5.41) is 3.35. The van der Waals surface area contributed by atoms with E-state index >= 15 is 0 Å². The first-order valence-electron chi connectivity index (χ1n) is 9.26. The van der Waals surface area contributed by atoms with E-state index in [1.54, 1.807) is 12.4 Å². The van der Waals surface area contributed by atoms with Gasteiger partial charge in [0.05, 0.1) is 17.3 Å². The predicted octanol–water partition coefficient (Wildman–Crippen LogP) is 1.37. The Morgan fingerprint density at radius 2 is 1.81 bits per heavy atom. The predicted molar refractivity (Wildman–Crippen MR) is 110 cm³/mol. The summed E-state index contributed by atoms with van der Waals surface area (Å²) in [5.41, 5.74) is 0. The Bertz CT molecular complexity index is 747. The molecule has 27 heavy (non-hydrogen) atoms. The number of piperazine rings is 1. The molecule has 1 atom stereocenters. The van der Waals surface area contributed by atoms with Gasteiger partial charge in [-0.05, 0) is 25.1 Å². The van der Waals surface area contributed by atoms with Crippen LogP contribution in [-0.2, 0) is 10.8 Å². The number of nitrogens with one attached hydrogen (secondary N) is 1. The summed E-state index contributed by atoms with van der Waals surface area (Å²) in [6.45, 7) is 6.81.